The molecule has 0 radical (unpaired) electrons. The number of ether oxygens (including phenoxy) is 3. The highest BCUT2D eigenvalue weighted by Gasteiger charge is 2.31. The van der Waals surface area contributed by atoms with Gasteiger partial charge in [0.05, 0.1) is 31.9 Å². The molecule has 0 fully saturated rings. The number of benzene rings is 1. The Hall–Kier alpha value is -3.68. The van der Waals surface area contributed by atoms with Crippen LogP contribution in [-0.2, 0) is 12.8 Å². The highest BCUT2D eigenvalue weighted by Crippen LogP contribution is 2.41. The van der Waals surface area contributed by atoms with Crippen LogP contribution in [0, 0.1) is 5.82 Å². The van der Waals surface area contributed by atoms with Crippen molar-refractivity contribution >= 4 is 5.65 Å². The monoisotopic (exact) mass is 418 g/mol. The van der Waals surface area contributed by atoms with E-state index >= 15 is 0 Å². The van der Waals surface area contributed by atoms with E-state index in [1.165, 1.54) is 6.07 Å². The molecule has 0 spiro atoms. The van der Waals surface area contributed by atoms with Crippen molar-refractivity contribution in [2.24, 2.45) is 0 Å². The largest absolute Gasteiger partial charge is 0.493 e. The standard InChI is InChI=1S/C23H19FN4O3/c1-29-21-7-2-13(9-25-21)16-8-20-18(28-12-26-27-23(16)28)5-3-15-17(24)4-6-19-22(15)14(10-30-19)11-31-20/h2,4,6-9,12,14H,3,5,10-11H2,1H3/t14-/m1/s1. The van der Waals surface area contributed by atoms with Crippen LogP contribution in [0.25, 0.3) is 16.8 Å². The van der Waals surface area contributed by atoms with Crippen LogP contribution in [0.4, 0.5) is 4.39 Å². The second-order valence-corrected chi connectivity index (χ2v) is 7.74. The van der Waals surface area contributed by atoms with Crippen molar-refractivity contribution in [2.75, 3.05) is 20.3 Å². The first-order chi connectivity index (χ1) is 15.2. The number of pyridine rings is 2. The molecule has 0 saturated heterocycles. The summed E-state index contributed by atoms with van der Waals surface area (Å²) in [5.41, 5.74) is 5.01. The van der Waals surface area contributed by atoms with Crippen LogP contribution in [0.1, 0.15) is 22.7 Å². The van der Waals surface area contributed by atoms with Gasteiger partial charge in [0.1, 0.15) is 23.6 Å². The van der Waals surface area contributed by atoms with Crippen molar-refractivity contribution in [3.05, 3.63) is 65.5 Å². The summed E-state index contributed by atoms with van der Waals surface area (Å²) in [7, 11) is 1.58. The average Bonchev–Trinajstić information content (AvgIpc) is 3.45. The number of aromatic nitrogens is 4. The van der Waals surface area contributed by atoms with Crippen molar-refractivity contribution in [3.8, 4) is 28.5 Å². The second kappa shape index (κ2) is 6.94. The van der Waals surface area contributed by atoms with E-state index in [2.05, 4.69) is 15.2 Å². The molecule has 4 aromatic rings. The summed E-state index contributed by atoms with van der Waals surface area (Å²) >= 11 is 0. The van der Waals surface area contributed by atoms with Gasteiger partial charge in [0.2, 0.25) is 5.88 Å². The van der Waals surface area contributed by atoms with Crippen LogP contribution in [0.15, 0.2) is 42.9 Å². The van der Waals surface area contributed by atoms with Crippen molar-refractivity contribution in [1.29, 1.82) is 0 Å². The predicted octanol–water partition coefficient (Wildman–Crippen LogP) is 3.59. The zero-order valence-corrected chi connectivity index (χ0v) is 16.8. The van der Waals surface area contributed by atoms with Crippen LogP contribution in [-0.4, -0.2) is 39.9 Å². The molecular formula is C23H19FN4O3. The van der Waals surface area contributed by atoms with Gasteiger partial charge < -0.3 is 14.2 Å². The van der Waals surface area contributed by atoms with Gasteiger partial charge in [0.15, 0.2) is 5.65 Å². The summed E-state index contributed by atoms with van der Waals surface area (Å²) in [6, 6.07) is 8.92. The minimum absolute atomic E-state index is 0.00522. The highest BCUT2D eigenvalue weighted by molar-refractivity contribution is 5.79. The van der Waals surface area contributed by atoms with Gasteiger partial charge in [-0.2, -0.15) is 0 Å². The molecule has 0 saturated carbocycles. The summed E-state index contributed by atoms with van der Waals surface area (Å²) < 4.78 is 33.9. The highest BCUT2D eigenvalue weighted by atomic mass is 19.1. The molecule has 2 aliphatic rings. The molecule has 156 valence electrons. The van der Waals surface area contributed by atoms with E-state index in [0.717, 1.165) is 33.9 Å². The van der Waals surface area contributed by atoms with Gasteiger partial charge >= 0.3 is 0 Å². The Morgan fingerprint density at radius 2 is 1.97 bits per heavy atom. The minimum Gasteiger partial charge on any atom is -0.493 e. The number of hydrogen-bond acceptors (Lipinski definition) is 6. The zero-order valence-electron chi connectivity index (χ0n) is 16.8. The molecule has 0 unspecified atom stereocenters. The molecule has 31 heavy (non-hydrogen) atoms. The number of methoxy groups -OCH3 is 1. The maximum atomic E-state index is 14.7. The Morgan fingerprint density at radius 3 is 2.77 bits per heavy atom. The maximum absolute atomic E-state index is 14.7. The predicted molar refractivity (Wildman–Crippen MR) is 110 cm³/mol. The number of hydrogen-bond donors (Lipinski definition) is 0. The maximum Gasteiger partial charge on any atom is 0.212 e. The summed E-state index contributed by atoms with van der Waals surface area (Å²) in [6.07, 6.45) is 4.55. The molecule has 0 N–H and O–H groups in total. The fourth-order valence-corrected chi connectivity index (χ4v) is 4.54. The average molecular weight is 418 g/mol. The minimum atomic E-state index is -0.196. The lowest BCUT2D eigenvalue weighted by atomic mass is 9.93. The molecule has 2 aliphatic heterocycles. The molecule has 6 rings (SSSR count). The number of nitrogens with zero attached hydrogens (tertiary/aromatic N) is 4. The third kappa shape index (κ3) is 2.82. The van der Waals surface area contributed by atoms with Gasteiger partial charge in [0, 0.05) is 29.0 Å². The Morgan fingerprint density at radius 1 is 1.10 bits per heavy atom. The van der Waals surface area contributed by atoms with Gasteiger partial charge in [-0.1, -0.05) is 0 Å². The Bertz CT molecular complexity index is 1300. The molecule has 0 bridgehead atoms. The molecule has 3 aromatic heterocycles. The SMILES string of the molecule is COc1ccc(-c2cc3c(n4cnnc24)CCc2c(F)ccc4c2[C@H](CO4)CO3)cn1. The first-order valence-electron chi connectivity index (χ1n) is 10.2. The summed E-state index contributed by atoms with van der Waals surface area (Å²) in [5, 5.41) is 8.46. The first-order valence-corrected chi connectivity index (χ1v) is 10.2. The Kier molecular flexibility index (Phi) is 4.05. The van der Waals surface area contributed by atoms with E-state index in [9.17, 15) is 4.39 Å². The zero-order chi connectivity index (χ0) is 20.9. The third-order valence-corrected chi connectivity index (χ3v) is 6.06. The fraction of sp³-hybridized carbons (Fsp3) is 0.261. The van der Waals surface area contributed by atoms with Gasteiger partial charge in [-0.15, -0.1) is 10.2 Å². The molecule has 1 atom stereocenters. The first kappa shape index (κ1) is 18.1. The lowest BCUT2D eigenvalue weighted by Gasteiger charge is -2.16. The van der Waals surface area contributed by atoms with Gasteiger partial charge in [-0.25, -0.2) is 9.37 Å². The molecule has 7 nitrogen and oxygen atoms in total. The topological polar surface area (TPSA) is 70.8 Å². The number of rotatable bonds is 2. The molecule has 0 aliphatic carbocycles. The second-order valence-electron chi connectivity index (χ2n) is 7.74. The van der Waals surface area contributed by atoms with Crippen molar-refractivity contribution in [2.45, 2.75) is 18.8 Å². The Labute approximate surface area is 177 Å². The summed E-state index contributed by atoms with van der Waals surface area (Å²) in [4.78, 5) is 4.32. The molecule has 8 heteroatoms. The summed E-state index contributed by atoms with van der Waals surface area (Å²) in [6.45, 7) is 0.898. The van der Waals surface area contributed by atoms with Crippen LogP contribution in [0.3, 0.4) is 0 Å². The molecule has 1 aromatic carbocycles. The summed E-state index contributed by atoms with van der Waals surface area (Å²) in [5.74, 6) is 1.83. The van der Waals surface area contributed by atoms with Crippen molar-refractivity contribution in [1.82, 2.24) is 19.6 Å². The Balaban J connectivity index is 1.49. The van der Waals surface area contributed by atoms with Crippen molar-refractivity contribution in [3.63, 3.8) is 0 Å². The van der Waals surface area contributed by atoms with E-state index in [4.69, 9.17) is 14.2 Å². The number of aryl methyl sites for hydroxylation is 1. The lowest BCUT2D eigenvalue weighted by Crippen LogP contribution is -2.13. The van der Waals surface area contributed by atoms with Gasteiger partial charge in [0.25, 0.3) is 0 Å². The van der Waals surface area contributed by atoms with Gasteiger partial charge in [-0.05, 0) is 42.7 Å². The van der Waals surface area contributed by atoms with Crippen LogP contribution in [0.2, 0.25) is 0 Å². The normalized spacial score (nSPS) is 17.0. The lowest BCUT2D eigenvalue weighted by molar-refractivity contribution is 0.246. The molecule has 0 amide bonds. The van der Waals surface area contributed by atoms with Crippen LogP contribution < -0.4 is 14.2 Å². The number of fused-ring (bicyclic) bond motifs is 3. The fourth-order valence-electron chi connectivity index (χ4n) is 4.54. The van der Waals surface area contributed by atoms with E-state index < -0.39 is 0 Å². The molecule has 5 heterocycles. The van der Waals surface area contributed by atoms with Gasteiger partial charge in [-0.3, -0.25) is 4.40 Å². The van der Waals surface area contributed by atoms with E-state index in [1.54, 1.807) is 25.7 Å². The quantitative estimate of drug-likeness (QED) is 0.496. The van der Waals surface area contributed by atoms with Crippen LogP contribution >= 0.6 is 0 Å². The number of halogens is 1. The van der Waals surface area contributed by atoms with E-state index in [-0.39, 0.29) is 11.7 Å². The molecular weight excluding hydrogens is 399 g/mol. The smallest absolute Gasteiger partial charge is 0.212 e. The third-order valence-electron chi connectivity index (χ3n) is 6.06. The van der Waals surface area contributed by atoms with E-state index in [0.29, 0.717) is 43.1 Å². The van der Waals surface area contributed by atoms with Crippen molar-refractivity contribution < 1.29 is 18.6 Å². The van der Waals surface area contributed by atoms with Crippen LogP contribution in [0.5, 0.6) is 17.4 Å². The van der Waals surface area contributed by atoms with E-state index in [1.807, 2.05) is 22.6 Å².